The van der Waals surface area contributed by atoms with Gasteiger partial charge in [-0.2, -0.15) is 0 Å². The zero-order chi connectivity index (χ0) is 8.27. The van der Waals surface area contributed by atoms with Gasteiger partial charge >= 0.3 is 0 Å². The van der Waals surface area contributed by atoms with Crippen LogP contribution in [0.25, 0.3) is 0 Å². The van der Waals surface area contributed by atoms with Gasteiger partial charge in [-0.15, -0.1) is 0 Å². The zero-order valence-electron chi connectivity index (χ0n) is 7.84. The van der Waals surface area contributed by atoms with E-state index < -0.39 is 0 Å². The standard InChI is InChI=1S/C9H19NO/c1-4-11-9-6-5-8(7-9)10(2)3/h8-9H,4-7H2,1-3H3/t8-,9+/m0/s1. The molecule has 2 nitrogen and oxygen atoms in total. The predicted molar refractivity (Wildman–Crippen MR) is 46.7 cm³/mol. The van der Waals surface area contributed by atoms with Crippen LogP contribution in [0.2, 0.25) is 0 Å². The molecule has 0 unspecified atom stereocenters. The van der Waals surface area contributed by atoms with Crippen molar-refractivity contribution in [3.63, 3.8) is 0 Å². The molecule has 0 aromatic heterocycles. The minimum absolute atomic E-state index is 0.535. The topological polar surface area (TPSA) is 12.5 Å². The van der Waals surface area contributed by atoms with Crippen LogP contribution in [-0.4, -0.2) is 37.7 Å². The fourth-order valence-corrected chi connectivity index (χ4v) is 1.77. The van der Waals surface area contributed by atoms with E-state index in [1.54, 1.807) is 0 Å². The Morgan fingerprint density at radius 3 is 2.55 bits per heavy atom. The largest absolute Gasteiger partial charge is 0.378 e. The van der Waals surface area contributed by atoms with Gasteiger partial charge in [-0.25, -0.2) is 0 Å². The lowest BCUT2D eigenvalue weighted by atomic mass is 10.2. The Bertz CT molecular complexity index is 114. The highest BCUT2D eigenvalue weighted by molar-refractivity contribution is 4.80. The van der Waals surface area contributed by atoms with Gasteiger partial charge in [0.2, 0.25) is 0 Å². The molecule has 1 saturated carbocycles. The number of hydrogen-bond donors (Lipinski definition) is 0. The van der Waals surface area contributed by atoms with Crippen molar-refractivity contribution in [2.75, 3.05) is 20.7 Å². The summed E-state index contributed by atoms with van der Waals surface area (Å²) in [5, 5.41) is 0. The smallest absolute Gasteiger partial charge is 0.0590 e. The quantitative estimate of drug-likeness (QED) is 0.615. The highest BCUT2D eigenvalue weighted by Gasteiger charge is 2.25. The van der Waals surface area contributed by atoms with E-state index in [1.165, 1.54) is 19.3 Å². The summed E-state index contributed by atoms with van der Waals surface area (Å²) < 4.78 is 5.56. The van der Waals surface area contributed by atoms with Crippen molar-refractivity contribution in [1.29, 1.82) is 0 Å². The van der Waals surface area contributed by atoms with Crippen molar-refractivity contribution in [3.8, 4) is 0 Å². The summed E-state index contributed by atoms with van der Waals surface area (Å²) in [6, 6.07) is 0.756. The monoisotopic (exact) mass is 157 g/mol. The van der Waals surface area contributed by atoms with Gasteiger partial charge in [0, 0.05) is 12.6 Å². The summed E-state index contributed by atoms with van der Waals surface area (Å²) in [6.45, 7) is 2.94. The number of hydrogen-bond acceptors (Lipinski definition) is 2. The molecule has 66 valence electrons. The van der Waals surface area contributed by atoms with E-state index in [1.807, 2.05) is 0 Å². The van der Waals surface area contributed by atoms with E-state index in [2.05, 4.69) is 25.9 Å². The average molecular weight is 157 g/mol. The third-order valence-electron chi connectivity index (χ3n) is 2.49. The fraction of sp³-hybridized carbons (Fsp3) is 1.00. The Morgan fingerprint density at radius 1 is 1.36 bits per heavy atom. The molecule has 1 aliphatic rings. The van der Waals surface area contributed by atoms with Crippen LogP contribution in [-0.2, 0) is 4.74 Å². The van der Waals surface area contributed by atoms with Crippen molar-refractivity contribution < 1.29 is 4.74 Å². The van der Waals surface area contributed by atoms with Crippen molar-refractivity contribution in [2.45, 2.75) is 38.3 Å². The second kappa shape index (κ2) is 4.07. The van der Waals surface area contributed by atoms with Crippen LogP contribution in [0.5, 0.6) is 0 Å². The number of nitrogens with zero attached hydrogens (tertiary/aromatic N) is 1. The van der Waals surface area contributed by atoms with Gasteiger partial charge in [-0.3, -0.25) is 0 Å². The molecule has 0 radical (unpaired) electrons. The molecular weight excluding hydrogens is 138 g/mol. The van der Waals surface area contributed by atoms with E-state index in [0.717, 1.165) is 12.6 Å². The summed E-state index contributed by atoms with van der Waals surface area (Å²) in [4.78, 5) is 2.30. The summed E-state index contributed by atoms with van der Waals surface area (Å²) in [5.41, 5.74) is 0. The highest BCUT2D eigenvalue weighted by atomic mass is 16.5. The van der Waals surface area contributed by atoms with Crippen LogP contribution in [0.3, 0.4) is 0 Å². The van der Waals surface area contributed by atoms with Gasteiger partial charge in [0.1, 0.15) is 0 Å². The molecular formula is C9H19NO. The molecule has 0 spiro atoms. The predicted octanol–water partition coefficient (Wildman–Crippen LogP) is 1.51. The molecule has 0 amide bonds. The molecule has 11 heavy (non-hydrogen) atoms. The fourth-order valence-electron chi connectivity index (χ4n) is 1.77. The number of rotatable bonds is 3. The van der Waals surface area contributed by atoms with E-state index in [9.17, 15) is 0 Å². The third kappa shape index (κ3) is 2.46. The van der Waals surface area contributed by atoms with Crippen molar-refractivity contribution in [1.82, 2.24) is 4.90 Å². The first-order valence-electron chi connectivity index (χ1n) is 4.52. The first kappa shape index (κ1) is 9.01. The maximum Gasteiger partial charge on any atom is 0.0590 e. The summed E-state index contributed by atoms with van der Waals surface area (Å²) in [6.07, 6.45) is 4.31. The van der Waals surface area contributed by atoms with Crippen LogP contribution in [0.1, 0.15) is 26.2 Å². The molecule has 1 fully saturated rings. The van der Waals surface area contributed by atoms with E-state index >= 15 is 0 Å². The molecule has 1 aliphatic carbocycles. The van der Waals surface area contributed by atoms with Gasteiger partial charge < -0.3 is 9.64 Å². The van der Waals surface area contributed by atoms with Crippen molar-refractivity contribution in [3.05, 3.63) is 0 Å². The zero-order valence-corrected chi connectivity index (χ0v) is 7.84. The maximum absolute atomic E-state index is 5.56. The SMILES string of the molecule is CCO[C@@H]1CC[C@H](N(C)C)C1. The third-order valence-corrected chi connectivity index (χ3v) is 2.49. The van der Waals surface area contributed by atoms with Gasteiger partial charge in [0.15, 0.2) is 0 Å². The molecule has 0 aliphatic heterocycles. The Kier molecular flexibility index (Phi) is 3.34. The Balaban J connectivity index is 2.23. The Morgan fingerprint density at radius 2 is 2.09 bits per heavy atom. The summed E-state index contributed by atoms with van der Waals surface area (Å²) in [5.74, 6) is 0. The van der Waals surface area contributed by atoms with Crippen LogP contribution in [0, 0.1) is 0 Å². The van der Waals surface area contributed by atoms with Crippen LogP contribution in [0.15, 0.2) is 0 Å². The number of ether oxygens (including phenoxy) is 1. The molecule has 0 bridgehead atoms. The second-order valence-electron chi connectivity index (χ2n) is 3.51. The lowest BCUT2D eigenvalue weighted by molar-refractivity contribution is 0.0634. The summed E-state index contributed by atoms with van der Waals surface area (Å²) in [7, 11) is 4.30. The minimum atomic E-state index is 0.535. The molecule has 1 rings (SSSR count). The molecule has 0 aromatic rings. The molecule has 2 heteroatoms. The van der Waals surface area contributed by atoms with Crippen LogP contribution < -0.4 is 0 Å². The van der Waals surface area contributed by atoms with Crippen LogP contribution >= 0.6 is 0 Å². The average Bonchev–Trinajstić information content (AvgIpc) is 2.37. The molecule has 0 saturated heterocycles. The highest BCUT2D eigenvalue weighted by Crippen LogP contribution is 2.24. The molecule has 0 aromatic carbocycles. The van der Waals surface area contributed by atoms with Gasteiger partial charge in [-0.05, 0) is 40.3 Å². The van der Waals surface area contributed by atoms with E-state index in [0.29, 0.717) is 6.10 Å². The second-order valence-corrected chi connectivity index (χ2v) is 3.51. The van der Waals surface area contributed by atoms with Gasteiger partial charge in [0.25, 0.3) is 0 Å². The Hall–Kier alpha value is -0.0800. The molecule has 2 atom stereocenters. The first-order chi connectivity index (χ1) is 5.24. The normalized spacial score (nSPS) is 31.6. The van der Waals surface area contributed by atoms with Crippen LogP contribution in [0.4, 0.5) is 0 Å². The van der Waals surface area contributed by atoms with Crippen molar-refractivity contribution in [2.24, 2.45) is 0 Å². The Labute approximate surface area is 69.5 Å². The van der Waals surface area contributed by atoms with Gasteiger partial charge in [0.05, 0.1) is 6.10 Å². The molecule has 0 heterocycles. The van der Waals surface area contributed by atoms with E-state index in [4.69, 9.17) is 4.74 Å². The van der Waals surface area contributed by atoms with Gasteiger partial charge in [-0.1, -0.05) is 0 Å². The van der Waals surface area contributed by atoms with E-state index in [-0.39, 0.29) is 0 Å². The maximum atomic E-state index is 5.56. The minimum Gasteiger partial charge on any atom is -0.378 e. The first-order valence-corrected chi connectivity index (χ1v) is 4.52. The molecule has 0 N–H and O–H groups in total. The lowest BCUT2D eigenvalue weighted by Gasteiger charge is -2.18. The summed E-state index contributed by atoms with van der Waals surface area (Å²) >= 11 is 0. The van der Waals surface area contributed by atoms with Crippen molar-refractivity contribution >= 4 is 0 Å². The lowest BCUT2D eigenvalue weighted by Crippen LogP contribution is -2.25.